The number of rotatable bonds is 4. The molecule has 2 bridgehead atoms. The summed E-state index contributed by atoms with van der Waals surface area (Å²) in [4.78, 5) is 0. The molecule has 5 heteroatoms. The molecule has 3 rings (SSSR count). The second-order valence-corrected chi connectivity index (χ2v) is 7.95. The number of allylic oxidation sites excluding steroid dienone is 1. The van der Waals surface area contributed by atoms with E-state index in [9.17, 15) is 8.42 Å². The van der Waals surface area contributed by atoms with Crippen LogP contribution in [0.3, 0.4) is 0 Å². The van der Waals surface area contributed by atoms with Crippen LogP contribution in [0.5, 0.6) is 5.75 Å². The van der Waals surface area contributed by atoms with Crippen molar-refractivity contribution in [1.29, 1.82) is 5.26 Å². The number of ether oxygens (including phenoxy) is 1. The zero-order valence-electron chi connectivity index (χ0n) is 11.7. The molecule has 0 spiro atoms. The molecule has 0 aromatic heterocycles. The fourth-order valence-electron chi connectivity index (χ4n) is 3.05. The van der Waals surface area contributed by atoms with Gasteiger partial charge in [0.1, 0.15) is 12.4 Å². The molecule has 0 radical (unpaired) electrons. The van der Waals surface area contributed by atoms with Gasteiger partial charge in [0.2, 0.25) is 0 Å². The van der Waals surface area contributed by atoms with Crippen LogP contribution in [0.2, 0.25) is 0 Å². The van der Waals surface area contributed by atoms with Gasteiger partial charge in [-0.2, -0.15) is 5.26 Å². The Kier molecular flexibility index (Phi) is 3.73. The van der Waals surface area contributed by atoms with Crippen molar-refractivity contribution >= 4 is 15.4 Å². The first-order valence-electron chi connectivity index (χ1n) is 7.15. The predicted molar refractivity (Wildman–Crippen MR) is 80.5 cm³/mol. The van der Waals surface area contributed by atoms with Crippen LogP contribution in [-0.2, 0) is 9.84 Å². The lowest BCUT2D eigenvalue weighted by atomic mass is 10.0. The van der Waals surface area contributed by atoms with Gasteiger partial charge in [-0.15, -0.1) is 0 Å². The van der Waals surface area contributed by atoms with E-state index in [1.807, 2.05) is 36.4 Å². The minimum atomic E-state index is -2.92. The summed E-state index contributed by atoms with van der Waals surface area (Å²) in [6.45, 7) is 0.390. The summed E-state index contributed by atoms with van der Waals surface area (Å²) < 4.78 is 29.6. The highest BCUT2D eigenvalue weighted by Gasteiger charge is 2.43. The van der Waals surface area contributed by atoms with Crippen LogP contribution >= 0.6 is 0 Å². The molecule has 1 fully saturated rings. The number of sulfone groups is 1. The zero-order chi connectivity index (χ0) is 14.9. The summed E-state index contributed by atoms with van der Waals surface area (Å²) >= 11 is 0. The van der Waals surface area contributed by atoms with Crippen LogP contribution in [0, 0.1) is 11.3 Å². The van der Waals surface area contributed by atoms with Gasteiger partial charge in [-0.05, 0) is 42.5 Å². The van der Waals surface area contributed by atoms with Gasteiger partial charge in [-0.25, -0.2) is 8.42 Å². The maximum Gasteiger partial charge on any atom is 0.159 e. The van der Waals surface area contributed by atoms with Gasteiger partial charge in [0, 0.05) is 0 Å². The first kappa shape index (κ1) is 14.2. The van der Waals surface area contributed by atoms with E-state index in [1.165, 1.54) is 0 Å². The lowest BCUT2D eigenvalue weighted by molar-refractivity contribution is 0.326. The third kappa shape index (κ3) is 2.68. The Labute approximate surface area is 125 Å². The molecule has 2 atom stereocenters. The van der Waals surface area contributed by atoms with Gasteiger partial charge in [0.15, 0.2) is 9.84 Å². The monoisotopic (exact) mass is 303 g/mol. The van der Waals surface area contributed by atoms with E-state index >= 15 is 0 Å². The van der Waals surface area contributed by atoms with E-state index in [0.29, 0.717) is 19.4 Å². The van der Waals surface area contributed by atoms with Gasteiger partial charge in [0.25, 0.3) is 0 Å². The maximum absolute atomic E-state index is 12.1. The van der Waals surface area contributed by atoms with Gasteiger partial charge < -0.3 is 4.74 Å². The molecule has 0 aliphatic carbocycles. The quantitative estimate of drug-likeness (QED) is 0.802. The lowest BCUT2D eigenvalue weighted by Gasteiger charge is -2.20. The number of nitrogens with zero attached hydrogens (tertiary/aromatic N) is 1. The minimum Gasteiger partial charge on any atom is -0.493 e. The van der Waals surface area contributed by atoms with Crippen molar-refractivity contribution in [2.75, 3.05) is 6.61 Å². The highest BCUT2D eigenvalue weighted by molar-refractivity contribution is 7.93. The second kappa shape index (κ2) is 5.53. The number of nitriles is 1. The summed E-state index contributed by atoms with van der Waals surface area (Å²) in [6.07, 6.45) is 4.44. The lowest BCUT2D eigenvalue weighted by Crippen LogP contribution is -2.26. The second-order valence-electron chi connectivity index (χ2n) is 5.50. The van der Waals surface area contributed by atoms with Crippen molar-refractivity contribution in [2.24, 2.45) is 0 Å². The maximum atomic E-state index is 12.1. The molecule has 1 aromatic rings. The molecular weight excluding hydrogens is 286 g/mol. The van der Waals surface area contributed by atoms with Gasteiger partial charge in [-0.3, -0.25) is 0 Å². The van der Waals surface area contributed by atoms with Crippen LogP contribution < -0.4 is 4.74 Å². The molecule has 0 amide bonds. The highest BCUT2D eigenvalue weighted by Crippen LogP contribution is 2.40. The van der Waals surface area contributed by atoms with Gasteiger partial charge in [-0.1, -0.05) is 18.2 Å². The predicted octanol–water partition coefficient (Wildman–Crippen LogP) is 2.71. The average molecular weight is 303 g/mol. The molecule has 1 saturated heterocycles. The smallest absolute Gasteiger partial charge is 0.159 e. The molecule has 2 aliphatic heterocycles. The fourth-order valence-corrected chi connectivity index (χ4v) is 5.24. The molecule has 1 aromatic carbocycles. The van der Waals surface area contributed by atoms with E-state index in [1.54, 1.807) is 0 Å². The first-order valence-corrected chi connectivity index (χ1v) is 8.76. The molecule has 0 saturated carbocycles. The zero-order valence-corrected chi connectivity index (χ0v) is 12.5. The SMILES string of the molecule is N#CCCOc1ccc(C2=CC3CCC(C2)S3(=O)=O)cc1. The largest absolute Gasteiger partial charge is 0.493 e. The Morgan fingerprint density at radius 1 is 1.24 bits per heavy atom. The van der Waals surface area contributed by atoms with Crippen LogP contribution in [0.4, 0.5) is 0 Å². The standard InChI is InChI=1S/C16H17NO3S/c17-8-1-9-20-14-4-2-12(3-5-14)13-10-15-6-7-16(11-13)21(15,18)19/h2-5,10,15-16H,1,6-7,9,11H2. The average Bonchev–Trinajstić information content (AvgIpc) is 2.68. The molecule has 0 N–H and O–H groups in total. The normalized spacial score (nSPS) is 26.0. The molecule has 2 heterocycles. The van der Waals surface area contributed by atoms with Crippen LogP contribution in [0.1, 0.15) is 31.2 Å². The highest BCUT2D eigenvalue weighted by atomic mass is 32.2. The Morgan fingerprint density at radius 2 is 2.00 bits per heavy atom. The molecule has 110 valence electrons. The number of fused-ring (bicyclic) bond motifs is 2. The van der Waals surface area contributed by atoms with Gasteiger partial charge >= 0.3 is 0 Å². The Morgan fingerprint density at radius 3 is 2.67 bits per heavy atom. The van der Waals surface area contributed by atoms with Crippen LogP contribution in [0.15, 0.2) is 30.3 Å². The third-order valence-electron chi connectivity index (χ3n) is 4.20. The molecule has 2 aliphatic rings. The Bertz CT molecular complexity index is 698. The fraction of sp³-hybridized carbons (Fsp3) is 0.438. The van der Waals surface area contributed by atoms with Gasteiger partial charge in [0.05, 0.1) is 23.0 Å². The minimum absolute atomic E-state index is 0.200. The summed E-state index contributed by atoms with van der Waals surface area (Å²) in [5.74, 6) is 0.737. The number of hydrogen-bond acceptors (Lipinski definition) is 4. The first-order chi connectivity index (χ1) is 10.1. The van der Waals surface area contributed by atoms with Crippen molar-refractivity contribution in [2.45, 2.75) is 36.2 Å². The molecular formula is C16H17NO3S. The van der Waals surface area contributed by atoms with Crippen molar-refractivity contribution < 1.29 is 13.2 Å². The Balaban J connectivity index is 1.75. The van der Waals surface area contributed by atoms with E-state index in [2.05, 4.69) is 0 Å². The Hall–Kier alpha value is -1.80. The molecule has 4 nitrogen and oxygen atoms in total. The van der Waals surface area contributed by atoms with Crippen molar-refractivity contribution in [3.63, 3.8) is 0 Å². The molecule has 21 heavy (non-hydrogen) atoms. The van der Waals surface area contributed by atoms with Crippen LogP contribution in [-0.4, -0.2) is 25.5 Å². The summed E-state index contributed by atoms with van der Waals surface area (Å²) in [5.41, 5.74) is 2.19. The van der Waals surface area contributed by atoms with Crippen LogP contribution in [0.25, 0.3) is 5.57 Å². The summed E-state index contributed by atoms with van der Waals surface area (Å²) in [6, 6.07) is 9.71. The topological polar surface area (TPSA) is 67.2 Å². The molecule has 2 unspecified atom stereocenters. The third-order valence-corrected chi connectivity index (χ3v) is 6.75. The van der Waals surface area contributed by atoms with Crippen molar-refractivity contribution in [3.05, 3.63) is 35.9 Å². The van der Waals surface area contributed by atoms with E-state index in [-0.39, 0.29) is 10.5 Å². The number of hydrogen-bond donors (Lipinski definition) is 0. The summed E-state index contributed by atoms with van der Waals surface area (Å²) in [7, 11) is -2.92. The van der Waals surface area contributed by atoms with E-state index in [4.69, 9.17) is 10.00 Å². The van der Waals surface area contributed by atoms with Crippen molar-refractivity contribution in [1.82, 2.24) is 0 Å². The van der Waals surface area contributed by atoms with E-state index in [0.717, 1.165) is 29.7 Å². The summed E-state index contributed by atoms with van der Waals surface area (Å²) in [5, 5.41) is 7.98. The number of benzene rings is 1. The van der Waals surface area contributed by atoms with Crippen molar-refractivity contribution in [3.8, 4) is 11.8 Å². The van der Waals surface area contributed by atoms with E-state index < -0.39 is 9.84 Å².